The van der Waals surface area contributed by atoms with Gasteiger partial charge in [0.15, 0.2) is 0 Å². The molecule has 0 saturated carbocycles. The molecule has 0 aliphatic carbocycles. The number of fused-ring (bicyclic) bond motifs is 1. The van der Waals surface area contributed by atoms with E-state index >= 15 is 0 Å². The SMILES string of the molecule is CC.CC(C)(C)c1cccc2ncc(CO)cc12. The van der Waals surface area contributed by atoms with Gasteiger partial charge in [0, 0.05) is 11.6 Å². The third-order valence-electron chi connectivity index (χ3n) is 2.77. The van der Waals surface area contributed by atoms with Gasteiger partial charge < -0.3 is 5.11 Å². The molecule has 0 atom stereocenters. The van der Waals surface area contributed by atoms with Gasteiger partial charge >= 0.3 is 0 Å². The monoisotopic (exact) mass is 245 g/mol. The molecule has 98 valence electrons. The second kappa shape index (κ2) is 5.96. The van der Waals surface area contributed by atoms with Crippen molar-refractivity contribution in [1.29, 1.82) is 0 Å². The molecule has 0 aliphatic heterocycles. The van der Waals surface area contributed by atoms with Crippen molar-refractivity contribution in [3.63, 3.8) is 0 Å². The summed E-state index contributed by atoms with van der Waals surface area (Å²) in [5.74, 6) is 0. The maximum Gasteiger partial charge on any atom is 0.0705 e. The molecule has 0 fully saturated rings. The molecule has 18 heavy (non-hydrogen) atoms. The summed E-state index contributed by atoms with van der Waals surface area (Å²) in [6.07, 6.45) is 1.73. The molecule has 2 rings (SSSR count). The van der Waals surface area contributed by atoms with Crippen LogP contribution >= 0.6 is 0 Å². The number of pyridine rings is 1. The molecule has 1 heterocycles. The molecule has 2 nitrogen and oxygen atoms in total. The average molecular weight is 245 g/mol. The Balaban J connectivity index is 0.000000771. The molecule has 1 aromatic heterocycles. The van der Waals surface area contributed by atoms with E-state index in [1.54, 1.807) is 6.20 Å². The Morgan fingerprint density at radius 3 is 2.39 bits per heavy atom. The van der Waals surface area contributed by atoms with E-state index < -0.39 is 0 Å². The largest absolute Gasteiger partial charge is 0.392 e. The molecule has 0 saturated heterocycles. The number of aliphatic hydroxyl groups is 1. The van der Waals surface area contributed by atoms with Crippen LogP contribution in [0, 0.1) is 0 Å². The maximum absolute atomic E-state index is 9.15. The van der Waals surface area contributed by atoms with E-state index in [0.29, 0.717) is 0 Å². The summed E-state index contributed by atoms with van der Waals surface area (Å²) < 4.78 is 0. The zero-order chi connectivity index (χ0) is 13.8. The fourth-order valence-corrected chi connectivity index (χ4v) is 1.93. The molecule has 0 unspecified atom stereocenters. The average Bonchev–Trinajstić information content (AvgIpc) is 2.38. The van der Waals surface area contributed by atoms with Gasteiger partial charge in [0.1, 0.15) is 0 Å². The van der Waals surface area contributed by atoms with Gasteiger partial charge in [-0.05, 0) is 28.7 Å². The first-order valence-corrected chi connectivity index (χ1v) is 6.51. The number of hydrogen-bond donors (Lipinski definition) is 1. The second-order valence-corrected chi connectivity index (χ2v) is 5.12. The minimum absolute atomic E-state index is 0.0431. The van der Waals surface area contributed by atoms with Gasteiger partial charge in [-0.1, -0.05) is 46.8 Å². The highest BCUT2D eigenvalue weighted by molar-refractivity contribution is 5.83. The maximum atomic E-state index is 9.15. The molecule has 2 aromatic rings. The van der Waals surface area contributed by atoms with Crippen LogP contribution in [0.3, 0.4) is 0 Å². The molecule has 2 heteroatoms. The van der Waals surface area contributed by atoms with Crippen LogP contribution in [-0.2, 0) is 12.0 Å². The van der Waals surface area contributed by atoms with Crippen LogP contribution in [0.4, 0.5) is 0 Å². The van der Waals surface area contributed by atoms with Crippen LogP contribution in [0.25, 0.3) is 10.9 Å². The number of nitrogens with zero attached hydrogens (tertiary/aromatic N) is 1. The van der Waals surface area contributed by atoms with Crippen molar-refractivity contribution >= 4 is 10.9 Å². The zero-order valence-corrected chi connectivity index (χ0v) is 12.0. The summed E-state index contributed by atoms with van der Waals surface area (Å²) in [7, 11) is 0. The predicted molar refractivity (Wildman–Crippen MR) is 77.7 cm³/mol. The van der Waals surface area contributed by atoms with Crippen molar-refractivity contribution in [2.24, 2.45) is 0 Å². The van der Waals surface area contributed by atoms with Crippen molar-refractivity contribution < 1.29 is 5.11 Å². The Hall–Kier alpha value is -1.41. The molecule has 1 N–H and O–H groups in total. The normalized spacial score (nSPS) is 11.0. The summed E-state index contributed by atoms with van der Waals surface area (Å²) in [4.78, 5) is 4.37. The van der Waals surface area contributed by atoms with Crippen LogP contribution in [0.1, 0.15) is 45.7 Å². The summed E-state index contributed by atoms with van der Waals surface area (Å²) in [5, 5.41) is 10.3. The Morgan fingerprint density at radius 1 is 1.17 bits per heavy atom. The topological polar surface area (TPSA) is 33.1 Å². The van der Waals surface area contributed by atoms with Gasteiger partial charge in [0.25, 0.3) is 0 Å². The van der Waals surface area contributed by atoms with E-state index in [0.717, 1.165) is 16.5 Å². The molecule has 0 aliphatic rings. The number of rotatable bonds is 1. The Bertz CT molecular complexity index is 512. The second-order valence-electron chi connectivity index (χ2n) is 5.12. The number of aliphatic hydroxyl groups excluding tert-OH is 1. The minimum atomic E-state index is 0.0431. The molecule has 0 amide bonds. The Morgan fingerprint density at radius 2 is 1.83 bits per heavy atom. The van der Waals surface area contributed by atoms with Crippen LogP contribution in [-0.4, -0.2) is 10.1 Å². The van der Waals surface area contributed by atoms with Gasteiger partial charge in [0.2, 0.25) is 0 Å². The van der Waals surface area contributed by atoms with Gasteiger partial charge in [-0.15, -0.1) is 0 Å². The van der Waals surface area contributed by atoms with Crippen molar-refractivity contribution in [2.75, 3.05) is 0 Å². The summed E-state index contributed by atoms with van der Waals surface area (Å²) in [6, 6.07) is 8.20. The van der Waals surface area contributed by atoms with Crippen LogP contribution in [0.5, 0.6) is 0 Å². The van der Waals surface area contributed by atoms with Gasteiger partial charge in [-0.3, -0.25) is 4.98 Å². The molecule has 0 bridgehead atoms. The fourth-order valence-electron chi connectivity index (χ4n) is 1.93. The van der Waals surface area contributed by atoms with E-state index in [2.05, 4.69) is 31.8 Å². The number of aromatic nitrogens is 1. The highest BCUT2D eigenvalue weighted by atomic mass is 16.3. The van der Waals surface area contributed by atoms with Crippen LogP contribution in [0.2, 0.25) is 0 Å². The van der Waals surface area contributed by atoms with E-state index in [-0.39, 0.29) is 12.0 Å². The summed E-state index contributed by atoms with van der Waals surface area (Å²) in [6.45, 7) is 10.6. The summed E-state index contributed by atoms with van der Waals surface area (Å²) in [5.41, 5.74) is 3.22. The first kappa shape index (κ1) is 14.7. The minimum Gasteiger partial charge on any atom is -0.392 e. The predicted octanol–water partition coefficient (Wildman–Crippen LogP) is 4.05. The number of hydrogen-bond acceptors (Lipinski definition) is 2. The standard InChI is InChI=1S/C14H17NO.C2H6/c1-14(2,3)12-5-4-6-13-11(12)7-10(9-16)8-15-13;1-2/h4-8,16H,9H2,1-3H3;1-2H3. The Kier molecular flexibility index (Phi) is 4.85. The highest BCUT2D eigenvalue weighted by Gasteiger charge is 2.16. The third-order valence-corrected chi connectivity index (χ3v) is 2.77. The molecule has 1 aromatic carbocycles. The summed E-state index contributed by atoms with van der Waals surface area (Å²) >= 11 is 0. The first-order valence-electron chi connectivity index (χ1n) is 6.51. The molecular weight excluding hydrogens is 222 g/mol. The lowest BCUT2D eigenvalue weighted by atomic mass is 9.84. The highest BCUT2D eigenvalue weighted by Crippen LogP contribution is 2.29. The lowest BCUT2D eigenvalue weighted by molar-refractivity contribution is 0.281. The van der Waals surface area contributed by atoms with E-state index in [1.165, 1.54) is 5.56 Å². The van der Waals surface area contributed by atoms with Gasteiger partial charge in [-0.25, -0.2) is 0 Å². The lowest BCUT2D eigenvalue weighted by Crippen LogP contribution is -2.11. The lowest BCUT2D eigenvalue weighted by Gasteiger charge is -2.21. The van der Waals surface area contributed by atoms with Crippen LogP contribution in [0.15, 0.2) is 30.5 Å². The Labute approximate surface area is 110 Å². The van der Waals surface area contributed by atoms with Crippen molar-refractivity contribution in [3.8, 4) is 0 Å². The van der Waals surface area contributed by atoms with E-state index in [1.807, 2.05) is 32.0 Å². The van der Waals surface area contributed by atoms with Crippen molar-refractivity contribution in [3.05, 3.63) is 41.6 Å². The van der Waals surface area contributed by atoms with Crippen molar-refractivity contribution in [1.82, 2.24) is 4.98 Å². The van der Waals surface area contributed by atoms with Crippen molar-refractivity contribution in [2.45, 2.75) is 46.6 Å². The smallest absolute Gasteiger partial charge is 0.0705 e. The van der Waals surface area contributed by atoms with Gasteiger partial charge in [-0.2, -0.15) is 0 Å². The molecular formula is C16H23NO. The fraction of sp³-hybridized carbons (Fsp3) is 0.438. The third kappa shape index (κ3) is 3.08. The van der Waals surface area contributed by atoms with Crippen LogP contribution < -0.4 is 0 Å². The first-order chi connectivity index (χ1) is 8.52. The quantitative estimate of drug-likeness (QED) is 0.822. The zero-order valence-electron chi connectivity index (χ0n) is 12.0. The van der Waals surface area contributed by atoms with Gasteiger partial charge in [0.05, 0.1) is 12.1 Å². The van der Waals surface area contributed by atoms with E-state index in [4.69, 9.17) is 5.11 Å². The molecule has 0 radical (unpaired) electrons. The molecule has 0 spiro atoms. The van der Waals surface area contributed by atoms with E-state index in [9.17, 15) is 0 Å². The number of benzene rings is 1.